The Labute approximate surface area is 122 Å². The number of aromatic nitrogens is 4. The molecule has 0 fully saturated rings. The molecule has 0 radical (unpaired) electrons. The maximum atomic E-state index is 5.14. The van der Waals surface area contributed by atoms with Crippen molar-refractivity contribution < 1.29 is 4.52 Å². The van der Waals surface area contributed by atoms with E-state index in [0.717, 1.165) is 42.5 Å². The third-order valence-electron chi connectivity index (χ3n) is 3.96. The average Bonchev–Trinajstić information content (AvgIpc) is 3.15. The molecule has 3 heterocycles. The lowest BCUT2D eigenvalue weighted by molar-refractivity contribution is 0.398. The van der Waals surface area contributed by atoms with Gasteiger partial charge in [0, 0.05) is 19.0 Å². The number of rotatable bonds is 3. The van der Waals surface area contributed by atoms with Gasteiger partial charge in [0.1, 0.15) is 11.6 Å². The van der Waals surface area contributed by atoms with Gasteiger partial charge in [-0.25, -0.2) is 0 Å². The first-order valence-corrected chi connectivity index (χ1v) is 7.19. The fourth-order valence-electron chi connectivity index (χ4n) is 3.00. The van der Waals surface area contributed by atoms with Gasteiger partial charge in [-0.15, -0.1) is 10.2 Å². The summed E-state index contributed by atoms with van der Waals surface area (Å²) in [6.07, 6.45) is 2.04. The number of benzene rings is 1. The van der Waals surface area contributed by atoms with Gasteiger partial charge in [0.2, 0.25) is 0 Å². The molecule has 0 spiro atoms. The summed E-state index contributed by atoms with van der Waals surface area (Å²) < 4.78 is 7.31. The van der Waals surface area contributed by atoms with Gasteiger partial charge in [-0.2, -0.15) is 0 Å². The number of hydrogen-bond donors (Lipinski definition) is 0. The summed E-state index contributed by atoms with van der Waals surface area (Å²) >= 11 is 0. The fraction of sp³-hybridized carbons (Fsp3) is 0.312. The molecule has 1 aliphatic heterocycles. The zero-order valence-corrected chi connectivity index (χ0v) is 11.9. The normalized spacial score (nSPS) is 17.1. The third-order valence-corrected chi connectivity index (χ3v) is 3.96. The van der Waals surface area contributed by atoms with Crippen molar-refractivity contribution in [1.82, 2.24) is 19.9 Å². The lowest BCUT2D eigenvalue weighted by atomic mass is 9.98. The van der Waals surface area contributed by atoms with E-state index in [1.165, 1.54) is 5.56 Å². The zero-order chi connectivity index (χ0) is 14.2. The third kappa shape index (κ3) is 2.24. The van der Waals surface area contributed by atoms with Gasteiger partial charge in [0.25, 0.3) is 0 Å². The highest BCUT2D eigenvalue weighted by molar-refractivity contribution is 5.49. The Morgan fingerprint density at radius 3 is 2.86 bits per heavy atom. The van der Waals surface area contributed by atoms with Crippen molar-refractivity contribution in [2.45, 2.75) is 26.3 Å². The molecule has 1 atom stereocenters. The SMILES string of the molecule is Cc1cc(-c2nnc3n2CC(Cc2ccccc2)C3)no1. The molecule has 0 amide bonds. The highest BCUT2D eigenvalue weighted by atomic mass is 16.5. The summed E-state index contributed by atoms with van der Waals surface area (Å²) in [5.74, 6) is 3.23. The van der Waals surface area contributed by atoms with Crippen LogP contribution >= 0.6 is 0 Å². The van der Waals surface area contributed by atoms with Gasteiger partial charge < -0.3 is 9.09 Å². The summed E-state index contributed by atoms with van der Waals surface area (Å²) in [4.78, 5) is 0. The van der Waals surface area contributed by atoms with Gasteiger partial charge in [0.15, 0.2) is 11.5 Å². The predicted octanol–water partition coefficient (Wildman–Crippen LogP) is 2.66. The minimum Gasteiger partial charge on any atom is -0.361 e. The second-order valence-corrected chi connectivity index (χ2v) is 5.63. The first-order valence-electron chi connectivity index (χ1n) is 7.19. The largest absolute Gasteiger partial charge is 0.361 e. The Hall–Kier alpha value is -2.43. The summed E-state index contributed by atoms with van der Waals surface area (Å²) in [7, 11) is 0. The Morgan fingerprint density at radius 1 is 1.24 bits per heavy atom. The summed E-state index contributed by atoms with van der Waals surface area (Å²) in [5.41, 5.74) is 2.15. The molecule has 5 heteroatoms. The van der Waals surface area contributed by atoms with Gasteiger partial charge in [-0.3, -0.25) is 0 Å². The second-order valence-electron chi connectivity index (χ2n) is 5.63. The molecule has 0 saturated carbocycles. The topological polar surface area (TPSA) is 56.7 Å². The molecule has 5 nitrogen and oxygen atoms in total. The lowest BCUT2D eigenvalue weighted by Gasteiger charge is -2.09. The summed E-state index contributed by atoms with van der Waals surface area (Å²) in [5, 5.41) is 12.6. The molecule has 4 rings (SSSR count). The van der Waals surface area contributed by atoms with Gasteiger partial charge >= 0.3 is 0 Å². The summed E-state index contributed by atoms with van der Waals surface area (Å²) in [6.45, 7) is 2.83. The van der Waals surface area contributed by atoms with Gasteiger partial charge in [-0.05, 0) is 24.8 Å². The number of fused-ring (bicyclic) bond motifs is 1. The molecule has 21 heavy (non-hydrogen) atoms. The molecule has 2 aromatic heterocycles. The van der Waals surface area contributed by atoms with E-state index in [4.69, 9.17) is 4.52 Å². The van der Waals surface area contributed by atoms with Crippen molar-refractivity contribution in [2.75, 3.05) is 0 Å². The number of hydrogen-bond acceptors (Lipinski definition) is 4. The molecule has 0 saturated heterocycles. The van der Waals surface area contributed by atoms with Crippen molar-refractivity contribution in [3.8, 4) is 11.5 Å². The van der Waals surface area contributed by atoms with Crippen LogP contribution in [-0.2, 0) is 19.4 Å². The van der Waals surface area contributed by atoms with Crippen LogP contribution < -0.4 is 0 Å². The number of aryl methyl sites for hydroxylation is 1. The van der Waals surface area contributed by atoms with Crippen LogP contribution in [0.5, 0.6) is 0 Å². The van der Waals surface area contributed by atoms with Crippen molar-refractivity contribution in [2.24, 2.45) is 5.92 Å². The molecule has 106 valence electrons. The predicted molar refractivity (Wildman–Crippen MR) is 77.6 cm³/mol. The van der Waals surface area contributed by atoms with E-state index >= 15 is 0 Å². The molecular weight excluding hydrogens is 264 g/mol. The minimum absolute atomic E-state index is 0.574. The smallest absolute Gasteiger partial charge is 0.186 e. The Kier molecular flexibility index (Phi) is 2.84. The van der Waals surface area contributed by atoms with Crippen LogP contribution in [0.4, 0.5) is 0 Å². The van der Waals surface area contributed by atoms with Crippen molar-refractivity contribution >= 4 is 0 Å². The standard InChI is InChI=1S/C16H16N4O/c1-11-7-14(19-21-11)16-18-17-15-9-13(10-20(15)16)8-12-5-3-2-4-6-12/h2-7,13H,8-10H2,1H3. The van der Waals surface area contributed by atoms with E-state index < -0.39 is 0 Å². The molecule has 1 unspecified atom stereocenters. The molecule has 1 aromatic carbocycles. The van der Waals surface area contributed by atoms with Crippen LogP contribution in [-0.4, -0.2) is 19.9 Å². The molecule has 1 aliphatic rings. The molecule has 0 bridgehead atoms. The highest BCUT2D eigenvalue weighted by Gasteiger charge is 2.27. The molecule has 0 N–H and O–H groups in total. The van der Waals surface area contributed by atoms with Crippen molar-refractivity contribution in [1.29, 1.82) is 0 Å². The Morgan fingerprint density at radius 2 is 2.10 bits per heavy atom. The van der Waals surface area contributed by atoms with E-state index in [0.29, 0.717) is 5.92 Å². The molecule has 0 aliphatic carbocycles. The molecule has 3 aromatic rings. The van der Waals surface area contributed by atoms with Crippen LogP contribution in [0.1, 0.15) is 17.1 Å². The summed E-state index contributed by atoms with van der Waals surface area (Å²) in [6, 6.07) is 12.5. The fourth-order valence-corrected chi connectivity index (χ4v) is 3.00. The van der Waals surface area contributed by atoms with Crippen LogP contribution in [0, 0.1) is 12.8 Å². The van der Waals surface area contributed by atoms with Gasteiger partial charge in [0.05, 0.1) is 0 Å². The van der Waals surface area contributed by atoms with E-state index in [1.807, 2.05) is 13.0 Å². The maximum absolute atomic E-state index is 5.14. The Bertz CT molecular complexity index is 760. The Balaban J connectivity index is 1.56. The van der Waals surface area contributed by atoms with Crippen LogP contribution in [0.15, 0.2) is 40.9 Å². The molecular formula is C16H16N4O. The monoisotopic (exact) mass is 280 g/mol. The highest BCUT2D eigenvalue weighted by Crippen LogP contribution is 2.28. The van der Waals surface area contributed by atoms with E-state index in [9.17, 15) is 0 Å². The first kappa shape index (κ1) is 12.3. The van der Waals surface area contributed by atoms with Crippen molar-refractivity contribution in [3.05, 3.63) is 53.5 Å². The van der Waals surface area contributed by atoms with Crippen LogP contribution in [0.2, 0.25) is 0 Å². The van der Waals surface area contributed by atoms with Crippen molar-refractivity contribution in [3.63, 3.8) is 0 Å². The van der Waals surface area contributed by atoms with E-state index in [2.05, 4.69) is 50.3 Å². The number of nitrogens with zero attached hydrogens (tertiary/aromatic N) is 4. The van der Waals surface area contributed by atoms with Gasteiger partial charge in [-0.1, -0.05) is 35.5 Å². The van der Waals surface area contributed by atoms with Crippen LogP contribution in [0.3, 0.4) is 0 Å². The van der Waals surface area contributed by atoms with E-state index in [1.54, 1.807) is 0 Å². The second kappa shape index (κ2) is 4.84. The lowest BCUT2D eigenvalue weighted by Crippen LogP contribution is -2.07. The average molecular weight is 280 g/mol. The first-order chi connectivity index (χ1) is 10.3. The van der Waals surface area contributed by atoms with Crippen LogP contribution in [0.25, 0.3) is 11.5 Å². The quantitative estimate of drug-likeness (QED) is 0.740. The minimum atomic E-state index is 0.574. The maximum Gasteiger partial charge on any atom is 0.186 e. The zero-order valence-electron chi connectivity index (χ0n) is 11.9. The van der Waals surface area contributed by atoms with E-state index in [-0.39, 0.29) is 0 Å².